The Bertz CT molecular complexity index is 984. The van der Waals surface area contributed by atoms with Gasteiger partial charge in [0.2, 0.25) is 5.95 Å². The van der Waals surface area contributed by atoms with Gasteiger partial charge >= 0.3 is 0 Å². The highest BCUT2D eigenvalue weighted by molar-refractivity contribution is 6.04. The highest BCUT2D eigenvalue weighted by atomic mass is 16.5. The summed E-state index contributed by atoms with van der Waals surface area (Å²) in [7, 11) is 1.62. The van der Waals surface area contributed by atoms with Gasteiger partial charge < -0.3 is 15.4 Å². The van der Waals surface area contributed by atoms with Crippen LogP contribution in [0.3, 0.4) is 0 Å². The van der Waals surface area contributed by atoms with E-state index < -0.39 is 0 Å². The lowest BCUT2D eigenvalue weighted by Crippen LogP contribution is -2.17. The molecule has 0 unspecified atom stereocenters. The lowest BCUT2D eigenvalue weighted by atomic mass is 10.1. The van der Waals surface area contributed by atoms with Crippen LogP contribution in [0.2, 0.25) is 0 Å². The van der Waals surface area contributed by atoms with Gasteiger partial charge in [-0.25, -0.2) is 9.97 Å². The summed E-state index contributed by atoms with van der Waals surface area (Å²) in [6.45, 7) is 5.88. The second-order valence-electron chi connectivity index (χ2n) is 6.49. The summed E-state index contributed by atoms with van der Waals surface area (Å²) in [6.07, 6.45) is 0.838. The van der Waals surface area contributed by atoms with Gasteiger partial charge in [0, 0.05) is 17.1 Å². The SMILES string of the molecule is CCc1cccc(C)c1NC(=O)c1cc(C)nc(Nc2ccc(OC)cc2)n1. The van der Waals surface area contributed by atoms with E-state index in [2.05, 4.69) is 27.5 Å². The molecule has 0 aliphatic heterocycles. The van der Waals surface area contributed by atoms with Crippen LogP contribution < -0.4 is 15.4 Å². The Morgan fingerprint density at radius 3 is 2.50 bits per heavy atom. The Balaban J connectivity index is 1.83. The quantitative estimate of drug-likeness (QED) is 0.654. The number of amides is 1. The first-order valence-electron chi connectivity index (χ1n) is 9.16. The second-order valence-corrected chi connectivity index (χ2v) is 6.49. The monoisotopic (exact) mass is 376 g/mol. The highest BCUT2D eigenvalue weighted by Gasteiger charge is 2.14. The Hall–Kier alpha value is -3.41. The molecule has 3 aromatic rings. The maximum atomic E-state index is 12.8. The number of nitrogens with one attached hydrogen (secondary N) is 2. The van der Waals surface area contributed by atoms with Crippen molar-refractivity contribution in [2.75, 3.05) is 17.7 Å². The van der Waals surface area contributed by atoms with E-state index in [4.69, 9.17) is 4.74 Å². The molecule has 1 aromatic heterocycles. The van der Waals surface area contributed by atoms with E-state index in [0.29, 0.717) is 17.3 Å². The van der Waals surface area contributed by atoms with Gasteiger partial charge in [-0.3, -0.25) is 4.79 Å². The normalized spacial score (nSPS) is 10.4. The standard InChI is InChI=1S/C22H24N4O2/c1-5-16-8-6-7-14(2)20(16)26-21(27)19-13-15(3)23-22(25-19)24-17-9-11-18(28-4)12-10-17/h6-13H,5H2,1-4H3,(H,26,27)(H,23,24,25). The van der Waals surface area contributed by atoms with Crippen molar-refractivity contribution < 1.29 is 9.53 Å². The number of nitrogens with zero attached hydrogens (tertiary/aromatic N) is 2. The molecular formula is C22H24N4O2. The fourth-order valence-corrected chi connectivity index (χ4v) is 2.92. The van der Waals surface area contributed by atoms with E-state index in [-0.39, 0.29) is 5.91 Å². The number of aromatic nitrogens is 2. The van der Waals surface area contributed by atoms with Crippen LogP contribution >= 0.6 is 0 Å². The number of ether oxygens (including phenoxy) is 1. The summed E-state index contributed by atoms with van der Waals surface area (Å²) in [5.74, 6) is 0.879. The smallest absolute Gasteiger partial charge is 0.274 e. The minimum absolute atomic E-state index is 0.257. The molecule has 1 heterocycles. The predicted octanol–water partition coefficient (Wildman–Crippen LogP) is 4.66. The molecule has 6 heteroatoms. The summed E-state index contributed by atoms with van der Waals surface area (Å²) in [5.41, 5.74) is 4.79. The van der Waals surface area contributed by atoms with Crippen molar-refractivity contribution in [1.29, 1.82) is 0 Å². The van der Waals surface area contributed by atoms with Gasteiger partial charge in [-0.1, -0.05) is 25.1 Å². The molecule has 0 atom stereocenters. The number of anilines is 3. The van der Waals surface area contributed by atoms with E-state index >= 15 is 0 Å². The molecule has 0 saturated carbocycles. The van der Waals surface area contributed by atoms with Crippen LogP contribution in [0.5, 0.6) is 5.75 Å². The number of rotatable bonds is 6. The van der Waals surface area contributed by atoms with Crippen molar-refractivity contribution in [2.24, 2.45) is 0 Å². The Morgan fingerprint density at radius 1 is 1.07 bits per heavy atom. The molecule has 28 heavy (non-hydrogen) atoms. The molecule has 2 N–H and O–H groups in total. The number of aryl methyl sites for hydroxylation is 3. The van der Waals surface area contributed by atoms with Gasteiger partial charge in [0.1, 0.15) is 11.4 Å². The predicted molar refractivity (Wildman–Crippen MR) is 112 cm³/mol. The first kappa shape index (κ1) is 19.4. The number of hydrogen-bond acceptors (Lipinski definition) is 5. The van der Waals surface area contributed by atoms with Crippen molar-refractivity contribution in [3.63, 3.8) is 0 Å². The maximum Gasteiger partial charge on any atom is 0.274 e. The van der Waals surface area contributed by atoms with Gasteiger partial charge in [0.05, 0.1) is 7.11 Å². The molecule has 0 bridgehead atoms. The summed E-state index contributed by atoms with van der Waals surface area (Å²) in [4.78, 5) is 21.6. The number of hydrogen-bond donors (Lipinski definition) is 2. The van der Waals surface area contributed by atoms with Crippen LogP contribution in [0.25, 0.3) is 0 Å². The summed E-state index contributed by atoms with van der Waals surface area (Å²) < 4.78 is 5.16. The van der Waals surface area contributed by atoms with Gasteiger partial charge in [-0.15, -0.1) is 0 Å². The van der Waals surface area contributed by atoms with Crippen molar-refractivity contribution in [2.45, 2.75) is 27.2 Å². The van der Waals surface area contributed by atoms with Gasteiger partial charge in [0.25, 0.3) is 5.91 Å². The molecule has 0 aliphatic carbocycles. The molecule has 2 aromatic carbocycles. The van der Waals surface area contributed by atoms with Crippen molar-refractivity contribution in [3.8, 4) is 5.75 Å². The largest absolute Gasteiger partial charge is 0.497 e. The summed E-state index contributed by atoms with van der Waals surface area (Å²) in [6, 6.07) is 15.1. The van der Waals surface area contributed by atoms with Gasteiger partial charge in [0.15, 0.2) is 0 Å². The van der Waals surface area contributed by atoms with Crippen LogP contribution in [0, 0.1) is 13.8 Å². The molecule has 6 nitrogen and oxygen atoms in total. The first-order chi connectivity index (χ1) is 13.5. The lowest BCUT2D eigenvalue weighted by Gasteiger charge is -2.13. The van der Waals surface area contributed by atoms with Crippen molar-refractivity contribution >= 4 is 23.2 Å². The third kappa shape index (κ3) is 4.46. The fraction of sp³-hybridized carbons (Fsp3) is 0.227. The molecule has 0 spiro atoms. The number of benzene rings is 2. The topological polar surface area (TPSA) is 76.1 Å². The molecule has 0 radical (unpaired) electrons. The van der Waals surface area contributed by atoms with Crippen LogP contribution in [-0.4, -0.2) is 23.0 Å². The number of methoxy groups -OCH3 is 1. The van der Waals surface area contributed by atoms with E-state index in [1.807, 2.05) is 56.3 Å². The minimum Gasteiger partial charge on any atom is -0.497 e. The molecular weight excluding hydrogens is 352 g/mol. The van der Waals surface area contributed by atoms with E-state index in [1.165, 1.54) is 0 Å². The zero-order chi connectivity index (χ0) is 20.1. The first-order valence-corrected chi connectivity index (χ1v) is 9.16. The molecule has 3 rings (SSSR count). The second kappa shape index (κ2) is 8.52. The van der Waals surface area contributed by atoms with E-state index in [0.717, 1.165) is 34.7 Å². The Labute approximate surface area is 165 Å². The Kier molecular flexibility index (Phi) is 5.89. The zero-order valence-corrected chi connectivity index (χ0v) is 16.5. The number of carbonyl (C=O) groups excluding carboxylic acids is 1. The van der Waals surface area contributed by atoms with Gasteiger partial charge in [-0.2, -0.15) is 0 Å². The van der Waals surface area contributed by atoms with E-state index in [1.54, 1.807) is 13.2 Å². The van der Waals surface area contributed by atoms with Crippen LogP contribution in [0.15, 0.2) is 48.5 Å². The molecule has 1 amide bonds. The van der Waals surface area contributed by atoms with Crippen LogP contribution in [-0.2, 0) is 6.42 Å². The zero-order valence-electron chi connectivity index (χ0n) is 16.5. The molecule has 0 saturated heterocycles. The lowest BCUT2D eigenvalue weighted by molar-refractivity contribution is 0.102. The summed E-state index contributed by atoms with van der Waals surface area (Å²) in [5, 5.41) is 6.14. The molecule has 144 valence electrons. The third-order valence-corrected chi connectivity index (χ3v) is 4.41. The molecule has 0 fully saturated rings. The molecule has 0 aliphatic rings. The average Bonchev–Trinajstić information content (AvgIpc) is 2.69. The minimum atomic E-state index is -0.257. The maximum absolute atomic E-state index is 12.8. The van der Waals surface area contributed by atoms with Crippen molar-refractivity contribution in [1.82, 2.24) is 9.97 Å². The average molecular weight is 376 g/mol. The van der Waals surface area contributed by atoms with Crippen LogP contribution in [0.4, 0.5) is 17.3 Å². The highest BCUT2D eigenvalue weighted by Crippen LogP contribution is 2.22. The number of carbonyl (C=O) groups is 1. The fourth-order valence-electron chi connectivity index (χ4n) is 2.92. The third-order valence-electron chi connectivity index (χ3n) is 4.41. The number of para-hydroxylation sites is 1. The van der Waals surface area contributed by atoms with Gasteiger partial charge in [-0.05, 0) is 61.7 Å². The summed E-state index contributed by atoms with van der Waals surface area (Å²) >= 11 is 0. The van der Waals surface area contributed by atoms with Crippen LogP contribution in [0.1, 0.15) is 34.2 Å². The van der Waals surface area contributed by atoms with Crippen molar-refractivity contribution in [3.05, 3.63) is 71.0 Å². The Morgan fingerprint density at radius 2 is 1.82 bits per heavy atom. The van der Waals surface area contributed by atoms with E-state index in [9.17, 15) is 4.79 Å².